The molecule has 0 radical (unpaired) electrons. The molecule has 0 aliphatic rings. The van der Waals surface area contributed by atoms with Gasteiger partial charge in [0.05, 0.1) is 12.8 Å². The number of nitrogens with two attached hydrogens (primary N) is 1. The molecule has 3 N–H and O–H groups in total. The number of hydrogen-bond acceptors (Lipinski definition) is 2. The van der Waals surface area contributed by atoms with Crippen molar-refractivity contribution in [3.63, 3.8) is 0 Å². The first kappa shape index (κ1) is 17.8. The highest BCUT2D eigenvalue weighted by Crippen LogP contribution is 2.39. The summed E-state index contributed by atoms with van der Waals surface area (Å²) in [5.74, 6) is 0.825. The van der Waals surface area contributed by atoms with Gasteiger partial charge in [-0.2, -0.15) is 0 Å². The number of ether oxygens (including phenoxy) is 1. The molecule has 0 spiro atoms. The summed E-state index contributed by atoms with van der Waals surface area (Å²) in [5.41, 5.74) is 12.9. The number of unbranched alkanes of at least 4 members (excludes halogenated alkanes) is 1. The fourth-order valence-corrected chi connectivity index (χ4v) is 3.66. The molecular formula is C21H25ClN2O. The fourth-order valence-electron chi connectivity index (χ4n) is 3.49. The van der Waals surface area contributed by atoms with E-state index in [1.54, 1.807) is 7.11 Å². The largest absolute Gasteiger partial charge is 0.496 e. The monoisotopic (exact) mass is 356 g/mol. The van der Waals surface area contributed by atoms with E-state index < -0.39 is 0 Å². The van der Waals surface area contributed by atoms with E-state index >= 15 is 0 Å². The number of aromatic amines is 1. The lowest BCUT2D eigenvalue weighted by Gasteiger charge is -2.11. The Kier molecular flexibility index (Phi) is 5.36. The van der Waals surface area contributed by atoms with E-state index in [1.165, 1.54) is 27.6 Å². The van der Waals surface area contributed by atoms with Crippen LogP contribution in [0, 0.1) is 13.8 Å². The van der Waals surface area contributed by atoms with Crippen LogP contribution >= 0.6 is 11.6 Å². The number of benzene rings is 2. The Morgan fingerprint density at radius 2 is 1.84 bits per heavy atom. The van der Waals surface area contributed by atoms with Crippen LogP contribution in [-0.2, 0) is 6.42 Å². The number of H-pyrrole nitrogens is 1. The summed E-state index contributed by atoms with van der Waals surface area (Å²) in [6, 6.07) is 10.1. The van der Waals surface area contributed by atoms with Gasteiger partial charge in [-0.25, -0.2) is 0 Å². The van der Waals surface area contributed by atoms with Gasteiger partial charge in [0.2, 0.25) is 0 Å². The first-order valence-corrected chi connectivity index (χ1v) is 9.09. The van der Waals surface area contributed by atoms with Gasteiger partial charge in [0.1, 0.15) is 5.75 Å². The van der Waals surface area contributed by atoms with Crippen LogP contribution in [0.4, 0.5) is 0 Å². The molecular weight excluding hydrogens is 332 g/mol. The van der Waals surface area contributed by atoms with Gasteiger partial charge < -0.3 is 15.5 Å². The van der Waals surface area contributed by atoms with Crippen molar-refractivity contribution in [3.8, 4) is 17.0 Å². The van der Waals surface area contributed by atoms with E-state index in [0.29, 0.717) is 5.02 Å². The lowest BCUT2D eigenvalue weighted by Crippen LogP contribution is -2.00. The first-order valence-electron chi connectivity index (χ1n) is 8.71. The summed E-state index contributed by atoms with van der Waals surface area (Å²) >= 11 is 6.28. The highest BCUT2D eigenvalue weighted by molar-refractivity contribution is 6.31. The van der Waals surface area contributed by atoms with E-state index in [9.17, 15) is 0 Å². The molecule has 0 aliphatic carbocycles. The topological polar surface area (TPSA) is 51.0 Å². The normalized spacial score (nSPS) is 11.2. The maximum Gasteiger partial charge on any atom is 0.128 e. The summed E-state index contributed by atoms with van der Waals surface area (Å²) in [7, 11) is 1.69. The molecule has 0 fully saturated rings. The van der Waals surface area contributed by atoms with E-state index in [4.69, 9.17) is 22.1 Å². The van der Waals surface area contributed by atoms with Crippen molar-refractivity contribution < 1.29 is 4.74 Å². The van der Waals surface area contributed by atoms with Gasteiger partial charge in [0.25, 0.3) is 0 Å². The Bertz CT molecular complexity index is 899. The molecule has 1 heterocycles. The predicted octanol–water partition coefficient (Wildman–Crippen LogP) is 5.40. The summed E-state index contributed by atoms with van der Waals surface area (Å²) in [6.45, 7) is 5.03. The van der Waals surface area contributed by atoms with Crippen molar-refractivity contribution in [1.29, 1.82) is 0 Å². The van der Waals surface area contributed by atoms with Crippen molar-refractivity contribution in [2.75, 3.05) is 13.7 Å². The Hall–Kier alpha value is -1.97. The summed E-state index contributed by atoms with van der Waals surface area (Å²) < 4.78 is 5.59. The van der Waals surface area contributed by atoms with Gasteiger partial charge in [-0.05, 0) is 74.5 Å². The summed E-state index contributed by atoms with van der Waals surface area (Å²) in [4.78, 5) is 3.65. The molecule has 3 nitrogen and oxygen atoms in total. The van der Waals surface area contributed by atoms with Crippen molar-refractivity contribution in [1.82, 2.24) is 4.98 Å². The van der Waals surface area contributed by atoms with Gasteiger partial charge >= 0.3 is 0 Å². The van der Waals surface area contributed by atoms with Crippen LogP contribution in [0.3, 0.4) is 0 Å². The highest BCUT2D eigenvalue weighted by Gasteiger charge is 2.19. The zero-order valence-electron chi connectivity index (χ0n) is 15.1. The van der Waals surface area contributed by atoms with Crippen LogP contribution in [-0.4, -0.2) is 18.6 Å². The minimum absolute atomic E-state index is 0.704. The molecule has 3 aromatic rings. The van der Waals surface area contributed by atoms with Gasteiger partial charge in [0, 0.05) is 21.5 Å². The third-order valence-electron chi connectivity index (χ3n) is 4.79. The average molecular weight is 357 g/mol. The second-order valence-corrected chi connectivity index (χ2v) is 6.95. The van der Waals surface area contributed by atoms with Crippen LogP contribution in [0.2, 0.25) is 5.02 Å². The Balaban J connectivity index is 2.27. The summed E-state index contributed by atoms with van der Waals surface area (Å²) in [5, 5.41) is 2.02. The SMILES string of the molecule is COc1ccc(Cl)cc1-c1[nH]c2c(C)ccc(C)c2c1CCCCN. The molecule has 3 rings (SSSR count). The van der Waals surface area contributed by atoms with Crippen molar-refractivity contribution in [3.05, 3.63) is 52.0 Å². The molecule has 0 saturated carbocycles. The van der Waals surface area contributed by atoms with Gasteiger partial charge in [-0.3, -0.25) is 0 Å². The van der Waals surface area contributed by atoms with Crippen molar-refractivity contribution in [2.45, 2.75) is 33.1 Å². The molecule has 0 saturated heterocycles. The van der Waals surface area contributed by atoms with Crippen LogP contribution in [0.15, 0.2) is 30.3 Å². The van der Waals surface area contributed by atoms with Crippen molar-refractivity contribution in [2.24, 2.45) is 5.73 Å². The van der Waals surface area contributed by atoms with Crippen molar-refractivity contribution >= 4 is 22.5 Å². The number of nitrogens with one attached hydrogen (secondary N) is 1. The quantitative estimate of drug-likeness (QED) is 0.581. The molecule has 4 heteroatoms. The second-order valence-electron chi connectivity index (χ2n) is 6.52. The van der Waals surface area contributed by atoms with Gasteiger partial charge in [-0.15, -0.1) is 0 Å². The number of halogens is 1. The maximum absolute atomic E-state index is 6.28. The first-order chi connectivity index (χ1) is 12.1. The molecule has 0 atom stereocenters. The number of hydrogen-bond donors (Lipinski definition) is 2. The highest BCUT2D eigenvalue weighted by atomic mass is 35.5. The Labute approximate surface area is 154 Å². The van der Waals surface area contributed by atoms with Crippen LogP contribution in [0.5, 0.6) is 5.75 Å². The smallest absolute Gasteiger partial charge is 0.128 e. The van der Waals surface area contributed by atoms with E-state index in [1.807, 2.05) is 18.2 Å². The number of rotatable bonds is 6. The Morgan fingerprint density at radius 3 is 2.56 bits per heavy atom. The van der Waals surface area contributed by atoms with Crippen LogP contribution < -0.4 is 10.5 Å². The minimum Gasteiger partial charge on any atom is -0.496 e. The third-order valence-corrected chi connectivity index (χ3v) is 5.02. The predicted molar refractivity (Wildman–Crippen MR) is 107 cm³/mol. The number of aromatic nitrogens is 1. The van der Waals surface area contributed by atoms with E-state index in [-0.39, 0.29) is 0 Å². The third kappa shape index (κ3) is 3.39. The molecule has 25 heavy (non-hydrogen) atoms. The molecule has 0 bridgehead atoms. The lowest BCUT2D eigenvalue weighted by atomic mass is 9.96. The van der Waals surface area contributed by atoms with Gasteiger partial charge in [-0.1, -0.05) is 23.7 Å². The molecule has 1 aromatic heterocycles. The number of fused-ring (bicyclic) bond motifs is 1. The zero-order chi connectivity index (χ0) is 18.0. The Morgan fingerprint density at radius 1 is 1.08 bits per heavy atom. The lowest BCUT2D eigenvalue weighted by molar-refractivity contribution is 0.416. The fraction of sp³-hybridized carbons (Fsp3) is 0.333. The van der Waals surface area contributed by atoms with Gasteiger partial charge in [0.15, 0.2) is 0 Å². The standard InChI is InChI=1S/C21H25ClN2O/c1-13-7-8-14(2)20-19(13)16(6-4-5-11-23)21(24-20)17-12-15(22)9-10-18(17)25-3/h7-10,12,24H,4-6,11,23H2,1-3H3. The van der Waals surface area contributed by atoms with E-state index in [0.717, 1.165) is 42.8 Å². The molecule has 2 aromatic carbocycles. The van der Waals surface area contributed by atoms with Crippen LogP contribution in [0.25, 0.3) is 22.2 Å². The van der Waals surface area contributed by atoms with E-state index in [2.05, 4.69) is 31.0 Å². The minimum atomic E-state index is 0.704. The molecule has 132 valence electrons. The van der Waals surface area contributed by atoms with Crippen LogP contribution in [0.1, 0.15) is 29.5 Å². The second kappa shape index (κ2) is 7.51. The molecule has 0 aliphatic heterocycles. The average Bonchev–Trinajstić information content (AvgIpc) is 2.99. The number of methoxy groups -OCH3 is 1. The molecule has 0 unspecified atom stereocenters. The maximum atomic E-state index is 6.28. The summed E-state index contributed by atoms with van der Waals surface area (Å²) in [6.07, 6.45) is 3.06. The molecule has 0 amide bonds. The number of aryl methyl sites for hydroxylation is 3. The zero-order valence-corrected chi connectivity index (χ0v) is 15.8.